The van der Waals surface area contributed by atoms with E-state index in [9.17, 15) is 8.42 Å². The molecule has 0 amide bonds. The highest BCUT2D eigenvalue weighted by Gasteiger charge is 2.49. The SMILES string of the molecule is O=S(=O)(Cl)C[C@@H]1OC(COCc2ccccc2)[C@H](OCc2ccccc2)[C@@H](OCc2ccccc2)C1OCc1ccccc1. The summed E-state index contributed by atoms with van der Waals surface area (Å²) in [7, 11) is 1.85. The second-order valence-electron chi connectivity index (χ2n) is 10.7. The molecule has 4 aromatic rings. The lowest BCUT2D eigenvalue weighted by Gasteiger charge is -2.46. The van der Waals surface area contributed by atoms with Gasteiger partial charge in [0.05, 0.1) is 38.8 Å². The van der Waals surface area contributed by atoms with Gasteiger partial charge in [-0.15, -0.1) is 0 Å². The predicted octanol–water partition coefficient (Wildman–Crippen LogP) is 6.30. The quantitative estimate of drug-likeness (QED) is 0.142. The number of halogens is 1. The minimum atomic E-state index is -3.96. The molecular weight excluding hydrogens is 600 g/mol. The average Bonchev–Trinajstić information content (AvgIpc) is 3.04. The van der Waals surface area contributed by atoms with Crippen LogP contribution in [0.25, 0.3) is 0 Å². The molecule has 0 spiro atoms. The van der Waals surface area contributed by atoms with Crippen molar-refractivity contribution in [2.24, 2.45) is 0 Å². The smallest absolute Gasteiger partial charge is 0.235 e. The van der Waals surface area contributed by atoms with Crippen LogP contribution in [-0.4, -0.2) is 51.3 Å². The van der Waals surface area contributed by atoms with E-state index in [1.165, 1.54) is 0 Å². The standard InChI is InChI=1S/C35H37ClO7S/c36-44(37,38)26-32-34(41-23-29-17-9-3-10-18-29)35(42-24-30-19-11-4-12-20-30)33(40-22-28-15-7-2-8-16-28)31(43-32)25-39-21-27-13-5-1-6-14-27/h1-20,31-35H,21-26H2/t31?,32-,33-,34?,35+/m0/s1. The maximum atomic E-state index is 12.4. The summed E-state index contributed by atoms with van der Waals surface area (Å²) in [6.07, 6.45) is -3.75. The summed E-state index contributed by atoms with van der Waals surface area (Å²) in [5.74, 6) is -0.459. The third-order valence-corrected chi connectivity index (χ3v) is 8.45. The number of hydrogen-bond acceptors (Lipinski definition) is 7. The van der Waals surface area contributed by atoms with Crippen LogP contribution in [0.3, 0.4) is 0 Å². The molecule has 1 fully saturated rings. The van der Waals surface area contributed by atoms with Gasteiger partial charge in [-0.3, -0.25) is 0 Å². The van der Waals surface area contributed by atoms with E-state index in [0.29, 0.717) is 13.2 Å². The third-order valence-electron chi connectivity index (χ3n) is 7.34. The number of hydrogen-bond donors (Lipinski definition) is 0. The van der Waals surface area contributed by atoms with Gasteiger partial charge in [0, 0.05) is 10.7 Å². The summed E-state index contributed by atoms with van der Waals surface area (Å²) in [6.45, 7) is 1.27. The minimum Gasteiger partial charge on any atom is -0.374 e. The zero-order valence-corrected chi connectivity index (χ0v) is 25.9. The first-order valence-corrected chi connectivity index (χ1v) is 17.1. The van der Waals surface area contributed by atoms with Crippen molar-refractivity contribution in [3.8, 4) is 0 Å². The number of benzene rings is 4. The van der Waals surface area contributed by atoms with Crippen LogP contribution in [0.5, 0.6) is 0 Å². The van der Waals surface area contributed by atoms with Gasteiger partial charge in [-0.05, 0) is 22.3 Å². The Kier molecular flexibility index (Phi) is 12.0. The highest BCUT2D eigenvalue weighted by atomic mass is 35.7. The van der Waals surface area contributed by atoms with Crippen molar-refractivity contribution in [1.29, 1.82) is 0 Å². The molecule has 1 aliphatic heterocycles. The second-order valence-corrected chi connectivity index (χ2v) is 13.5. The Bertz CT molecular complexity index is 1490. The molecule has 0 aromatic heterocycles. The molecule has 5 rings (SSSR count). The molecule has 44 heavy (non-hydrogen) atoms. The van der Waals surface area contributed by atoms with Crippen molar-refractivity contribution >= 4 is 19.7 Å². The van der Waals surface area contributed by atoms with E-state index in [1.54, 1.807) is 0 Å². The molecular formula is C35H37ClO7S. The van der Waals surface area contributed by atoms with E-state index in [1.807, 2.05) is 121 Å². The van der Waals surface area contributed by atoms with E-state index in [2.05, 4.69) is 0 Å². The lowest BCUT2D eigenvalue weighted by Crippen LogP contribution is -2.62. The molecule has 9 heteroatoms. The zero-order valence-electron chi connectivity index (χ0n) is 24.3. The first-order chi connectivity index (χ1) is 21.4. The van der Waals surface area contributed by atoms with Crippen LogP contribution in [0, 0.1) is 0 Å². The normalized spacial score (nSPS) is 22.1. The second kappa shape index (κ2) is 16.3. The predicted molar refractivity (Wildman–Crippen MR) is 169 cm³/mol. The summed E-state index contributed by atoms with van der Waals surface area (Å²) in [4.78, 5) is 0. The fraction of sp³-hybridized carbons (Fsp3) is 0.314. The fourth-order valence-corrected chi connectivity index (χ4v) is 6.25. The van der Waals surface area contributed by atoms with Crippen molar-refractivity contribution in [2.45, 2.75) is 56.9 Å². The van der Waals surface area contributed by atoms with Crippen molar-refractivity contribution in [1.82, 2.24) is 0 Å². The Morgan fingerprint density at radius 2 is 0.886 bits per heavy atom. The summed E-state index contributed by atoms with van der Waals surface area (Å²) >= 11 is 0. The van der Waals surface area contributed by atoms with Crippen molar-refractivity contribution < 1.29 is 32.1 Å². The first-order valence-electron chi connectivity index (χ1n) is 14.6. The Hall–Kier alpha value is -3.08. The maximum absolute atomic E-state index is 12.4. The van der Waals surface area contributed by atoms with Gasteiger partial charge in [-0.1, -0.05) is 121 Å². The van der Waals surface area contributed by atoms with Crippen molar-refractivity contribution in [3.05, 3.63) is 144 Å². The molecule has 0 bridgehead atoms. The van der Waals surface area contributed by atoms with Gasteiger partial charge in [-0.2, -0.15) is 0 Å². The number of ether oxygens (including phenoxy) is 5. The van der Waals surface area contributed by atoms with Crippen LogP contribution in [0.1, 0.15) is 22.3 Å². The fourth-order valence-electron chi connectivity index (χ4n) is 5.22. The van der Waals surface area contributed by atoms with Gasteiger partial charge in [0.2, 0.25) is 9.05 Å². The number of rotatable bonds is 15. The van der Waals surface area contributed by atoms with Gasteiger partial charge in [0.1, 0.15) is 30.5 Å². The molecule has 232 valence electrons. The van der Waals surface area contributed by atoms with Crippen LogP contribution < -0.4 is 0 Å². The topological polar surface area (TPSA) is 80.3 Å². The Morgan fingerprint density at radius 1 is 0.523 bits per heavy atom. The van der Waals surface area contributed by atoms with E-state index in [-0.39, 0.29) is 19.8 Å². The summed E-state index contributed by atoms with van der Waals surface area (Å²) in [6, 6.07) is 39.1. The van der Waals surface area contributed by atoms with Gasteiger partial charge in [-0.25, -0.2) is 8.42 Å². The molecule has 0 aliphatic carbocycles. The molecule has 5 atom stereocenters. The lowest BCUT2D eigenvalue weighted by molar-refractivity contribution is -0.268. The Labute approximate surface area is 264 Å². The monoisotopic (exact) mass is 636 g/mol. The summed E-state index contributed by atoms with van der Waals surface area (Å²) in [5.41, 5.74) is 3.87. The van der Waals surface area contributed by atoms with Crippen LogP contribution in [0.2, 0.25) is 0 Å². The maximum Gasteiger partial charge on any atom is 0.235 e. The summed E-state index contributed by atoms with van der Waals surface area (Å²) < 4.78 is 57.0. The van der Waals surface area contributed by atoms with Crippen molar-refractivity contribution in [3.63, 3.8) is 0 Å². The largest absolute Gasteiger partial charge is 0.374 e. The Morgan fingerprint density at radius 3 is 1.30 bits per heavy atom. The molecule has 4 aromatic carbocycles. The zero-order chi connectivity index (χ0) is 30.6. The minimum absolute atomic E-state index is 0.143. The molecule has 1 aliphatic rings. The van der Waals surface area contributed by atoms with Crippen LogP contribution in [0.15, 0.2) is 121 Å². The Balaban J connectivity index is 1.45. The highest BCUT2D eigenvalue weighted by Crippen LogP contribution is 2.32. The highest BCUT2D eigenvalue weighted by molar-refractivity contribution is 8.13. The molecule has 1 heterocycles. The lowest BCUT2D eigenvalue weighted by atomic mass is 9.94. The molecule has 1 saturated heterocycles. The van der Waals surface area contributed by atoms with Gasteiger partial charge < -0.3 is 23.7 Å². The van der Waals surface area contributed by atoms with E-state index in [0.717, 1.165) is 22.3 Å². The first kappa shape index (κ1) is 32.3. The van der Waals surface area contributed by atoms with Gasteiger partial charge in [0.15, 0.2) is 0 Å². The molecule has 0 N–H and O–H groups in total. The molecule has 2 unspecified atom stereocenters. The molecule has 7 nitrogen and oxygen atoms in total. The van der Waals surface area contributed by atoms with Crippen molar-refractivity contribution in [2.75, 3.05) is 12.4 Å². The summed E-state index contributed by atoms with van der Waals surface area (Å²) in [5, 5.41) is 0. The van der Waals surface area contributed by atoms with E-state index >= 15 is 0 Å². The average molecular weight is 637 g/mol. The van der Waals surface area contributed by atoms with Gasteiger partial charge in [0.25, 0.3) is 0 Å². The van der Waals surface area contributed by atoms with Gasteiger partial charge >= 0.3 is 0 Å². The molecule has 0 saturated carbocycles. The molecule has 0 radical (unpaired) electrons. The van der Waals surface area contributed by atoms with E-state index < -0.39 is 45.3 Å². The van der Waals surface area contributed by atoms with E-state index in [4.69, 9.17) is 34.4 Å². The van der Waals surface area contributed by atoms with Crippen LogP contribution in [0.4, 0.5) is 0 Å². The third kappa shape index (κ3) is 9.97. The van der Waals surface area contributed by atoms with Crippen LogP contribution >= 0.6 is 10.7 Å². The van der Waals surface area contributed by atoms with Crippen LogP contribution in [-0.2, 0) is 59.2 Å².